The van der Waals surface area contributed by atoms with Crippen molar-refractivity contribution in [2.45, 2.75) is 32.8 Å². The zero-order valence-corrected chi connectivity index (χ0v) is 21.3. The van der Waals surface area contributed by atoms with Gasteiger partial charge in [-0.3, -0.25) is 10.1 Å². The van der Waals surface area contributed by atoms with Gasteiger partial charge in [-0.05, 0) is 68.7 Å². The fourth-order valence-corrected chi connectivity index (χ4v) is 3.12. The summed E-state index contributed by atoms with van der Waals surface area (Å²) in [6, 6.07) is 10.8. The van der Waals surface area contributed by atoms with Gasteiger partial charge in [-0.1, -0.05) is 24.3 Å². The molecule has 0 aliphatic carbocycles. The van der Waals surface area contributed by atoms with E-state index in [2.05, 4.69) is 5.32 Å². The SMILES string of the molecule is COc1ccc(/C=C(/C/C=C/c2ccc(OC)c(OC)c2)C(=O)NC(=O)OC(C)(C)C)cc1OC. The van der Waals surface area contributed by atoms with Crippen molar-refractivity contribution < 1.29 is 33.3 Å². The quantitative estimate of drug-likeness (QED) is 0.487. The van der Waals surface area contributed by atoms with Gasteiger partial charge < -0.3 is 23.7 Å². The maximum Gasteiger partial charge on any atom is 0.414 e. The summed E-state index contributed by atoms with van der Waals surface area (Å²) < 4.78 is 26.4. The summed E-state index contributed by atoms with van der Waals surface area (Å²) in [5.41, 5.74) is 1.18. The van der Waals surface area contributed by atoms with E-state index in [1.54, 1.807) is 72.4 Å². The van der Waals surface area contributed by atoms with E-state index in [0.717, 1.165) is 5.56 Å². The van der Waals surface area contributed by atoms with Crippen LogP contribution in [0.5, 0.6) is 23.0 Å². The first-order chi connectivity index (χ1) is 16.6. The number of nitrogens with one attached hydrogen (secondary N) is 1. The van der Waals surface area contributed by atoms with Crippen molar-refractivity contribution in [2.24, 2.45) is 0 Å². The Balaban J connectivity index is 2.32. The summed E-state index contributed by atoms with van der Waals surface area (Å²) >= 11 is 0. The summed E-state index contributed by atoms with van der Waals surface area (Å²) in [6.45, 7) is 5.18. The number of imide groups is 1. The van der Waals surface area contributed by atoms with Crippen LogP contribution in [0, 0.1) is 0 Å². The lowest BCUT2D eigenvalue weighted by atomic mass is 10.1. The van der Waals surface area contributed by atoms with Crippen LogP contribution in [0.25, 0.3) is 12.2 Å². The van der Waals surface area contributed by atoms with Crippen LogP contribution in [0.2, 0.25) is 0 Å². The molecule has 2 amide bonds. The number of hydrogen-bond donors (Lipinski definition) is 1. The predicted octanol–water partition coefficient (Wildman–Crippen LogP) is 5.26. The molecular weight excluding hydrogens is 450 g/mol. The van der Waals surface area contributed by atoms with E-state index in [4.69, 9.17) is 23.7 Å². The van der Waals surface area contributed by atoms with Crippen LogP contribution < -0.4 is 24.3 Å². The summed E-state index contributed by atoms with van der Waals surface area (Å²) in [6.07, 6.45) is 4.79. The minimum atomic E-state index is -0.815. The molecule has 0 fully saturated rings. The summed E-state index contributed by atoms with van der Waals surface area (Å²) in [5.74, 6) is 1.74. The average molecular weight is 484 g/mol. The second-order valence-corrected chi connectivity index (χ2v) is 8.46. The molecule has 35 heavy (non-hydrogen) atoms. The third kappa shape index (κ3) is 8.41. The topological polar surface area (TPSA) is 92.3 Å². The van der Waals surface area contributed by atoms with Gasteiger partial charge in [0.1, 0.15) is 5.60 Å². The number of carbonyl (C=O) groups excluding carboxylic acids is 2. The Labute approximate surface area is 206 Å². The summed E-state index contributed by atoms with van der Waals surface area (Å²) in [7, 11) is 6.22. The Morgan fingerprint density at radius 2 is 1.31 bits per heavy atom. The predicted molar refractivity (Wildman–Crippen MR) is 135 cm³/mol. The van der Waals surface area contributed by atoms with E-state index in [-0.39, 0.29) is 6.42 Å². The third-order valence-corrected chi connectivity index (χ3v) is 4.71. The maximum absolute atomic E-state index is 12.9. The first-order valence-corrected chi connectivity index (χ1v) is 11.0. The first kappa shape index (κ1) is 27.3. The van der Waals surface area contributed by atoms with Gasteiger partial charge in [0.15, 0.2) is 23.0 Å². The highest BCUT2D eigenvalue weighted by atomic mass is 16.6. The fourth-order valence-electron chi connectivity index (χ4n) is 3.12. The van der Waals surface area contributed by atoms with Gasteiger partial charge in [0.2, 0.25) is 0 Å². The monoisotopic (exact) mass is 483 g/mol. The highest BCUT2D eigenvalue weighted by molar-refractivity contribution is 6.05. The smallest absolute Gasteiger partial charge is 0.414 e. The van der Waals surface area contributed by atoms with Gasteiger partial charge in [-0.15, -0.1) is 0 Å². The van der Waals surface area contributed by atoms with Crippen LogP contribution in [0.15, 0.2) is 48.0 Å². The standard InChI is InChI=1S/C27H33NO7/c1-27(2,3)35-26(30)28-25(29)20(15-19-12-14-22(32-5)24(17-19)34-7)10-8-9-18-11-13-21(31-4)23(16-18)33-6/h8-9,11-17H,10H2,1-7H3,(H,28,29,30)/b9-8+,20-15-. The number of amides is 2. The van der Waals surface area contributed by atoms with Crippen LogP contribution >= 0.6 is 0 Å². The van der Waals surface area contributed by atoms with E-state index in [1.165, 1.54) is 7.11 Å². The van der Waals surface area contributed by atoms with E-state index < -0.39 is 17.6 Å². The van der Waals surface area contributed by atoms with Gasteiger partial charge in [0.25, 0.3) is 5.91 Å². The Kier molecular flexibility index (Phi) is 9.75. The molecule has 0 unspecified atom stereocenters. The second kappa shape index (κ2) is 12.5. The molecule has 0 saturated carbocycles. The van der Waals surface area contributed by atoms with Crippen molar-refractivity contribution in [3.63, 3.8) is 0 Å². The van der Waals surface area contributed by atoms with Crippen molar-refractivity contribution in [3.8, 4) is 23.0 Å². The number of alkyl carbamates (subject to hydrolysis) is 1. The fraction of sp³-hybridized carbons (Fsp3) is 0.333. The van der Waals surface area contributed by atoms with Crippen molar-refractivity contribution in [3.05, 3.63) is 59.2 Å². The van der Waals surface area contributed by atoms with Crippen LogP contribution in [0.3, 0.4) is 0 Å². The lowest BCUT2D eigenvalue weighted by Gasteiger charge is -2.19. The number of methoxy groups -OCH3 is 4. The lowest BCUT2D eigenvalue weighted by Crippen LogP contribution is -2.37. The average Bonchev–Trinajstić information content (AvgIpc) is 2.81. The van der Waals surface area contributed by atoms with Gasteiger partial charge in [-0.2, -0.15) is 0 Å². The zero-order valence-electron chi connectivity index (χ0n) is 21.3. The Hall–Kier alpha value is -3.94. The van der Waals surface area contributed by atoms with Crippen molar-refractivity contribution in [1.29, 1.82) is 0 Å². The van der Waals surface area contributed by atoms with Gasteiger partial charge in [0.05, 0.1) is 28.4 Å². The summed E-state index contributed by atoms with van der Waals surface area (Å²) in [4.78, 5) is 25.1. The number of benzene rings is 2. The lowest BCUT2D eigenvalue weighted by molar-refractivity contribution is -0.117. The Bertz CT molecular complexity index is 1100. The molecule has 0 heterocycles. The molecule has 0 saturated heterocycles. The molecule has 0 bridgehead atoms. The maximum atomic E-state index is 12.9. The minimum Gasteiger partial charge on any atom is -0.493 e. The molecule has 0 aliphatic heterocycles. The van der Waals surface area contributed by atoms with E-state index in [1.807, 2.05) is 24.3 Å². The number of ether oxygens (including phenoxy) is 5. The number of rotatable bonds is 9. The van der Waals surface area contributed by atoms with E-state index in [9.17, 15) is 9.59 Å². The van der Waals surface area contributed by atoms with Crippen molar-refractivity contribution >= 4 is 24.2 Å². The largest absolute Gasteiger partial charge is 0.493 e. The second-order valence-electron chi connectivity index (χ2n) is 8.46. The third-order valence-electron chi connectivity index (χ3n) is 4.71. The zero-order chi connectivity index (χ0) is 26.0. The van der Waals surface area contributed by atoms with E-state index in [0.29, 0.717) is 34.1 Å². The van der Waals surface area contributed by atoms with Gasteiger partial charge in [-0.25, -0.2) is 4.79 Å². The van der Waals surface area contributed by atoms with Gasteiger partial charge in [0, 0.05) is 5.57 Å². The van der Waals surface area contributed by atoms with Crippen LogP contribution in [0.1, 0.15) is 38.3 Å². The summed E-state index contributed by atoms with van der Waals surface area (Å²) in [5, 5.41) is 2.30. The number of carbonyl (C=O) groups is 2. The van der Waals surface area contributed by atoms with Crippen LogP contribution in [-0.2, 0) is 9.53 Å². The molecule has 0 radical (unpaired) electrons. The van der Waals surface area contributed by atoms with Crippen molar-refractivity contribution in [1.82, 2.24) is 5.32 Å². The number of allylic oxidation sites excluding steroid dienone is 1. The number of hydrogen-bond acceptors (Lipinski definition) is 7. The van der Waals surface area contributed by atoms with E-state index >= 15 is 0 Å². The Morgan fingerprint density at radius 3 is 1.83 bits per heavy atom. The molecule has 2 aromatic rings. The molecule has 2 rings (SSSR count). The molecule has 8 nitrogen and oxygen atoms in total. The molecular formula is C27H33NO7. The van der Waals surface area contributed by atoms with Crippen molar-refractivity contribution in [2.75, 3.05) is 28.4 Å². The van der Waals surface area contributed by atoms with Crippen LogP contribution in [0.4, 0.5) is 4.79 Å². The highest BCUT2D eigenvalue weighted by Crippen LogP contribution is 2.30. The highest BCUT2D eigenvalue weighted by Gasteiger charge is 2.20. The normalized spacial score (nSPS) is 11.7. The molecule has 8 heteroatoms. The molecule has 1 N–H and O–H groups in total. The molecule has 0 aliphatic rings. The molecule has 0 aromatic heterocycles. The first-order valence-electron chi connectivity index (χ1n) is 11.0. The molecule has 0 atom stereocenters. The van der Waals surface area contributed by atoms with Gasteiger partial charge >= 0.3 is 6.09 Å². The van der Waals surface area contributed by atoms with Crippen LogP contribution in [-0.4, -0.2) is 46.0 Å². The molecule has 2 aromatic carbocycles. The molecule has 0 spiro atoms. The minimum absolute atomic E-state index is 0.247. The molecule has 188 valence electrons. The Morgan fingerprint density at radius 1 is 0.800 bits per heavy atom.